The summed E-state index contributed by atoms with van der Waals surface area (Å²) in [5.74, 6) is -0.332. The fourth-order valence-corrected chi connectivity index (χ4v) is 6.17. The van der Waals surface area contributed by atoms with Gasteiger partial charge in [0, 0.05) is 24.2 Å². The molecule has 5 N–H and O–H groups in total. The first-order valence-corrected chi connectivity index (χ1v) is 15.2. The predicted octanol–water partition coefficient (Wildman–Crippen LogP) is 4.27. The number of ether oxygens (including phenoxy) is 1. The lowest BCUT2D eigenvalue weighted by atomic mass is 10.1. The van der Waals surface area contributed by atoms with Gasteiger partial charge in [0.25, 0.3) is 5.91 Å². The van der Waals surface area contributed by atoms with Crippen LogP contribution in [0.1, 0.15) is 43.7 Å². The minimum absolute atomic E-state index is 0.0355. The molecule has 0 aliphatic carbocycles. The summed E-state index contributed by atoms with van der Waals surface area (Å²) in [6.45, 7) is 2.25. The van der Waals surface area contributed by atoms with Gasteiger partial charge < -0.3 is 21.1 Å². The Morgan fingerprint density at radius 2 is 1.83 bits per heavy atom. The molecule has 1 aliphatic rings. The van der Waals surface area contributed by atoms with E-state index >= 15 is 0 Å². The van der Waals surface area contributed by atoms with Crippen molar-refractivity contribution in [2.75, 3.05) is 27.2 Å². The van der Waals surface area contributed by atoms with E-state index in [1.54, 1.807) is 42.5 Å². The highest BCUT2D eigenvalue weighted by molar-refractivity contribution is 7.93. The molecule has 1 atom stereocenters. The van der Waals surface area contributed by atoms with Crippen molar-refractivity contribution in [3.63, 3.8) is 0 Å². The van der Waals surface area contributed by atoms with Crippen molar-refractivity contribution in [2.24, 2.45) is 5.73 Å². The van der Waals surface area contributed by atoms with Crippen LogP contribution in [0.15, 0.2) is 72.8 Å². The van der Waals surface area contributed by atoms with E-state index in [2.05, 4.69) is 10.6 Å². The lowest BCUT2D eigenvalue weighted by molar-refractivity contribution is -0.123. The van der Waals surface area contributed by atoms with Gasteiger partial charge in [0.1, 0.15) is 11.6 Å². The van der Waals surface area contributed by atoms with Crippen LogP contribution in [-0.4, -0.2) is 44.5 Å². The molecule has 216 valence electrons. The first-order chi connectivity index (χ1) is 19.7. The third-order valence-corrected chi connectivity index (χ3v) is 8.51. The van der Waals surface area contributed by atoms with Crippen LogP contribution in [-0.2, 0) is 26.0 Å². The van der Waals surface area contributed by atoms with Crippen molar-refractivity contribution >= 4 is 44.7 Å². The molecule has 0 radical (unpaired) electrons. The standard InChI is InChI=1S/C30H35N5O5S/c1-2-8-27(40-24-12-6-11-22(19-24)29(31)32)30(37)33-23-14-15-26(35-17-7-18-41(35,38)39)25(20-23)34-28(36)16-13-21-9-4-3-5-10-21/h3-6,9-12,14-15,19-20,27H,2,7-8,13,16-18H2,1H3,(H3,31,32)(H,33,37)(H,34,36). The number of nitrogen functional groups attached to an aromatic ring is 1. The normalized spacial score (nSPS) is 14.7. The van der Waals surface area contributed by atoms with Crippen LogP contribution in [0.25, 0.3) is 0 Å². The third kappa shape index (κ3) is 7.85. The van der Waals surface area contributed by atoms with Gasteiger partial charge >= 0.3 is 0 Å². The minimum atomic E-state index is -3.50. The van der Waals surface area contributed by atoms with Crippen LogP contribution >= 0.6 is 0 Å². The summed E-state index contributed by atoms with van der Waals surface area (Å²) < 4.78 is 32.6. The highest BCUT2D eigenvalue weighted by atomic mass is 32.2. The number of amides is 2. The molecule has 10 nitrogen and oxygen atoms in total. The number of hydrogen-bond donors (Lipinski definition) is 4. The van der Waals surface area contributed by atoms with E-state index in [1.807, 2.05) is 37.3 Å². The van der Waals surface area contributed by atoms with Crippen molar-refractivity contribution in [1.82, 2.24) is 0 Å². The van der Waals surface area contributed by atoms with Crippen LogP contribution in [0.2, 0.25) is 0 Å². The molecule has 3 aromatic rings. The molecule has 11 heteroatoms. The third-order valence-electron chi connectivity index (χ3n) is 6.66. The number of hydrogen-bond acceptors (Lipinski definition) is 6. The zero-order chi connectivity index (χ0) is 29.4. The Hall–Kier alpha value is -4.38. The quantitative estimate of drug-likeness (QED) is 0.186. The molecule has 2 amide bonds. The molecule has 3 aromatic carbocycles. The molecule has 4 rings (SSSR count). The van der Waals surface area contributed by atoms with E-state index in [1.165, 1.54) is 4.31 Å². The van der Waals surface area contributed by atoms with E-state index in [4.69, 9.17) is 15.9 Å². The van der Waals surface area contributed by atoms with Crippen LogP contribution in [0, 0.1) is 5.41 Å². The van der Waals surface area contributed by atoms with E-state index in [0.29, 0.717) is 60.6 Å². The number of aryl methyl sites for hydroxylation is 1. The molecule has 0 aromatic heterocycles. The Balaban J connectivity index is 1.54. The molecule has 0 spiro atoms. The van der Waals surface area contributed by atoms with Gasteiger partial charge in [0.2, 0.25) is 15.9 Å². The monoisotopic (exact) mass is 577 g/mol. The molecule has 41 heavy (non-hydrogen) atoms. The van der Waals surface area contributed by atoms with Crippen molar-refractivity contribution in [3.05, 3.63) is 83.9 Å². The van der Waals surface area contributed by atoms with Gasteiger partial charge in [-0.15, -0.1) is 0 Å². The summed E-state index contributed by atoms with van der Waals surface area (Å²) in [7, 11) is -3.50. The van der Waals surface area contributed by atoms with Gasteiger partial charge in [0.05, 0.1) is 17.1 Å². The second-order valence-corrected chi connectivity index (χ2v) is 11.8. The van der Waals surface area contributed by atoms with Crippen LogP contribution in [0.3, 0.4) is 0 Å². The average molecular weight is 578 g/mol. The number of amidine groups is 1. The van der Waals surface area contributed by atoms with Gasteiger partial charge in [-0.3, -0.25) is 19.3 Å². The SMILES string of the molecule is CCCC(Oc1cccc(C(=N)N)c1)C(=O)Nc1ccc(N2CCCS2(=O)=O)c(NC(=O)CCc2ccccc2)c1. The maximum atomic E-state index is 13.3. The number of carbonyl (C=O) groups excluding carboxylic acids is 2. The van der Waals surface area contributed by atoms with Crippen LogP contribution < -0.4 is 25.4 Å². The highest BCUT2D eigenvalue weighted by Gasteiger charge is 2.31. The lowest BCUT2D eigenvalue weighted by Crippen LogP contribution is -2.33. The maximum absolute atomic E-state index is 13.3. The number of nitrogens with one attached hydrogen (secondary N) is 3. The molecule has 1 unspecified atom stereocenters. The number of sulfonamides is 1. The number of nitrogens with two attached hydrogens (primary N) is 1. The van der Waals surface area contributed by atoms with Crippen LogP contribution in [0.5, 0.6) is 5.75 Å². The maximum Gasteiger partial charge on any atom is 0.265 e. The van der Waals surface area contributed by atoms with E-state index < -0.39 is 22.0 Å². The summed E-state index contributed by atoms with van der Waals surface area (Å²) in [6.07, 6.45) is 1.51. The first kappa shape index (κ1) is 29.6. The Morgan fingerprint density at radius 1 is 1.05 bits per heavy atom. The smallest absolute Gasteiger partial charge is 0.265 e. The number of nitrogens with zero attached hydrogens (tertiary/aromatic N) is 1. The number of anilines is 3. The zero-order valence-electron chi connectivity index (χ0n) is 22.9. The summed E-state index contributed by atoms with van der Waals surface area (Å²) in [6, 6.07) is 21.1. The molecule has 1 saturated heterocycles. The summed E-state index contributed by atoms with van der Waals surface area (Å²) in [5, 5.41) is 13.3. The molecule has 0 saturated carbocycles. The average Bonchev–Trinajstić information content (AvgIpc) is 3.31. The molecule has 1 aliphatic heterocycles. The molecular weight excluding hydrogens is 542 g/mol. The molecule has 1 heterocycles. The fourth-order valence-electron chi connectivity index (χ4n) is 4.59. The molecule has 1 fully saturated rings. The Kier molecular flexibility index (Phi) is 9.61. The number of benzene rings is 3. The lowest BCUT2D eigenvalue weighted by Gasteiger charge is -2.23. The number of carbonyl (C=O) groups is 2. The van der Waals surface area contributed by atoms with Crippen molar-refractivity contribution in [2.45, 2.75) is 45.1 Å². The van der Waals surface area contributed by atoms with Crippen molar-refractivity contribution in [3.8, 4) is 5.75 Å². The highest BCUT2D eigenvalue weighted by Crippen LogP contribution is 2.34. The van der Waals surface area contributed by atoms with E-state index in [0.717, 1.165) is 5.56 Å². The Labute approximate surface area is 240 Å². The zero-order valence-corrected chi connectivity index (χ0v) is 23.7. The van der Waals surface area contributed by atoms with E-state index in [9.17, 15) is 18.0 Å². The topological polar surface area (TPSA) is 155 Å². The second-order valence-electron chi connectivity index (χ2n) is 9.83. The largest absolute Gasteiger partial charge is 0.481 e. The van der Waals surface area contributed by atoms with Gasteiger partial charge in [-0.05, 0) is 55.2 Å². The van der Waals surface area contributed by atoms with Gasteiger partial charge in [-0.25, -0.2) is 8.42 Å². The van der Waals surface area contributed by atoms with Gasteiger partial charge in [-0.1, -0.05) is 55.8 Å². The van der Waals surface area contributed by atoms with Gasteiger partial charge in [0.15, 0.2) is 6.10 Å². The Bertz CT molecular complexity index is 1510. The van der Waals surface area contributed by atoms with Crippen molar-refractivity contribution < 1.29 is 22.7 Å². The Morgan fingerprint density at radius 3 is 2.51 bits per heavy atom. The van der Waals surface area contributed by atoms with Crippen molar-refractivity contribution in [1.29, 1.82) is 5.41 Å². The van der Waals surface area contributed by atoms with Crippen LogP contribution in [0.4, 0.5) is 17.1 Å². The minimum Gasteiger partial charge on any atom is -0.481 e. The first-order valence-electron chi connectivity index (χ1n) is 13.6. The predicted molar refractivity (Wildman–Crippen MR) is 161 cm³/mol. The number of rotatable bonds is 12. The molecular formula is C30H35N5O5S. The molecule has 0 bridgehead atoms. The summed E-state index contributed by atoms with van der Waals surface area (Å²) in [5.41, 5.74) is 8.12. The van der Waals surface area contributed by atoms with E-state index in [-0.39, 0.29) is 23.9 Å². The summed E-state index contributed by atoms with van der Waals surface area (Å²) >= 11 is 0. The summed E-state index contributed by atoms with van der Waals surface area (Å²) in [4.78, 5) is 26.2. The van der Waals surface area contributed by atoms with Gasteiger partial charge in [-0.2, -0.15) is 0 Å². The second kappa shape index (κ2) is 13.3. The fraction of sp³-hybridized carbons (Fsp3) is 0.300.